The second-order valence-electron chi connectivity index (χ2n) is 4.51. The molecule has 0 fully saturated rings. The molecule has 0 bridgehead atoms. The first-order chi connectivity index (χ1) is 10.4. The minimum Gasteiger partial charge on any atom is -0.316 e. The Morgan fingerprint density at radius 2 is 2.00 bits per heavy atom. The summed E-state index contributed by atoms with van der Waals surface area (Å²) in [5.41, 5.74) is 1.51. The Hall–Kier alpha value is -1.93. The molecule has 1 N–H and O–H groups in total. The van der Waals surface area contributed by atoms with E-state index in [2.05, 4.69) is 15.3 Å². The zero-order chi connectivity index (χ0) is 15.7. The van der Waals surface area contributed by atoms with Crippen molar-refractivity contribution in [1.29, 1.82) is 0 Å². The first-order valence-corrected chi connectivity index (χ1v) is 7.99. The lowest BCUT2D eigenvalue weighted by atomic mass is 10.1. The van der Waals surface area contributed by atoms with Gasteiger partial charge in [0.15, 0.2) is 5.13 Å². The standard InChI is InChI=1S/C14H10F3N3S2/c1-8-7-22-13(19-8)20-11-6-9(2-4-18-11)10-3-5-21-12(10)14(15,16)17/h2-7H,1H3,(H,18,19,20). The topological polar surface area (TPSA) is 37.8 Å². The Bertz CT molecular complexity index is 792. The molecule has 0 spiro atoms. The first-order valence-electron chi connectivity index (χ1n) is 6.24. The maximum absolute atomic E-state index is 13.0. The molecule has 8 heteroatoms. The molecule has 0 amide bonds. The van der Waals surface area contributed by atoms with Gasteiger partial charge in [0, 0.05) is 17.1 Å². The molecular weight excluding hydrogens is 331 g/mol. The highest BCUT2D eigenvalue weighted by atomic mass is 32.1. The van der Waals surface area contributed by atoms with Crippen LogP contribution in [0.2, 0.25) is 0 Å². The third-order valence-corrected chi connectivity index (χ3v) is 4.68. The van der Waals surface area contributed by atoms with Crippen LogP contribution in [0.15, 0.2) is 35.2 Å². The first kappa shape index (κ1) is 15.0. The molecule has 0 aliphatic carbocycles. The predicted molar refractivity (Wildman–Crippen MR) is 82.7 cm³/mol. The van der Waals surface area contributed by atoms with Crippen molar-refractivity contribution in [3.05, 3.63) is 45.7 Å². The van der Waals surface area contributed by atoms with E-state index in [1.807, 2.05) is 12.3 Å². The number of hydrogen-bond acceptors (Lipinski definition) is 5. The maximum Gasteiger partial charge on any atom is 0.426 e. The Balaban J connectivity index is 1.93. The number of rotatable bonds is 3. The predicted octanol–water partition coefficient (Wildman–Crippen LogP) is 5.34. The molecule has 3 aromatic heterocycles. The summed E-state index contributed by atoms with van der Waals surface area (Å²) in [7, 11) is 0. The largest absolute Gasteiger partial charge is 0.426 e. The van der Waals surface area contributed by atoms with Crippen LogP contribution in [0, 0.1) is 6.92 Å². The van der Waals surface area contributed by atoms with E-state index >= 15 is 0 Å². The highest BCUT2D eigenvalue weighted by molar-refractivity contribution is 7.13. The Morgan fingerprint density at radius 3 is 2.68 bits per heavy atom. The number of hydrogen-bond donors (Lipinski definition) is 1. The summed E-state index contributed by atoms with van der Waals surface area (Å²) >= 11 is 2.10. The number of nitrogens with one attached hydrogen (secondary N) is 1. The lowest BCUT2D eigenvalue weighted by Crippen LogP contribution is -2.03. The molecular formula is C14H10F3N3S2. The average molecular weight is 341 g/mol. The molecule has 22 heavy (non-hydrogen) atoms. The lowest BCUT2D eigenvalue weighted by Gasteiger charge is -2.09. The van der Waals surface area contributed by atoms with Crippen LogP contribution < -0.4 is 5.32 Å². The normalized spacial score (nSPS) is 11.6. The number of alkyl halides is 3. The third kappa shape index (κ3) is 3.12. The number of pyridine rings is 1. The van der Waals surface area contributed by atoms with Crippen LogP contribution in [0.3, 0.4) is 0 Å². The number of aromatic nitrogens is 2. The fraction of sp³-hybridized carbons (Fsp3) is 0.143. The zero-order valence-corrected chi connectivity index (χ0v) is 12.9. The highest BCUT2D eigenvalue weighted by Crippen LogP contribution is 2.41. The van der Waals surface area contributed by atoms with E-state index in [0.717, 1.165) is 5.69 Å². The van der Waals surface area contributed by atoms with Crippen LogP contribution in [0.5, 0.6) is 0 Å². The summed E-state index contributed by atoms with van der Waals surface area (Å²) in [5, 5.41) is 6.98. The van der Waals surface area contributed by atoms with Gasteiger partial charge in [-0.15, -0.1) is 22.7 Å². The molecule has 0 saturated heterocycles. The third-order valence-electron chi connectivity index (χ3n) is 2.85. The van der Waals surface area contributed by atoms with Gasteiger partial charge in [-0.05, 0) is 36.1 Å². The van der Waals surface area contributed by atoms with E-state index < -0.39 is 11.1 Å². The van der Waals surface area contributed by atoms with Gasteiger partial charge in [-0.3, -0.25) is 0 Å². The summed E-state index contributed by atoms with van der Waals surface area (Å²) in [5.74, 6) is 0.464. The van der Waals surface area contributed by atoms with Crippen molar-refractivity contribution >= 4 is 33.6 Å². The van der Waals surface area contributed by atoms with E-state index in [-0.39, 0.29) is 5.56 Å². The summed E-state index contributed by atoms with van der Waals surface area (Å²) in [4.78, 5) is 7.77. The van der Waals surface area contributed by atoms with Gasteiger partial charge in [-0.25, -0.2) is 9.97 Å². The summed E-state index contributed by atoms with van der Waals surface area (Å²) in [6, 6.07) is 4.63. The monoisotopic (exact) mass is 341 g/mol. The molecule has 3 rings (SSSR count). The van der Waals surface area contributed by atoms with Crippen molar-refractivity contribution in [3.8, 4) is 11.1 Å². The van der Waals surface area contributed by atoms with Crippen LogP contribution in [0.1, 0.15) is 10.6 Å². The molecule has 3 nitrogen and oxygen atoms in total. The van der Waals surface area contributed by atoms with E-state index in [1.54, 1.807) is 12.1 Å². The fourth-order valence-corrected chi connectivity index (χ4v) is 3.43. The van der Waals surface area contributed by atoms with Crippen molar-refractivity contribution in [2.75, 3.05) is 5.32 Å². The molecule has 0 atom stereocenters. The van der Waals surface area contributed by atoms with E-state index in [1.165, 1.54) is 29.0 Å². The van der Waals surface area contributed by atoms with Crippen LogP contribution in [0.25, 0.3) is 11.1 Å². The zero-order valence-electron chi connectivity index (χ0n) is 11.3. The average Bonchev–Trinajstić information content (AvgIpc) is 3.07. The molecule has 3 aromatic rings. The number of halogens is 3. The van der Waals surface area contributed by atoms with Gasteiger partial charge in [0.25, 0.3) is 0 Å². The fourth-order valence-electron chi connectivity index (χ4n) is 1.94. The number of thiazole rings is 1. The minimum atomic E-state index is -4.35. The lowest BCUT2D eigenvalue weighted by molar-refractivity contribution is -0.133. The molecule has 114 valence electrons. The van der Waals surface area contributed by atoms with Gasteiger partial charge < -0.3 is 5.32 Å². The van der Waals surface area contributed by atoms with Crippen LogP contribution in [0.4, 0.5) is 24.1 Å². The maximum atomic E-state index is 13.0. The van der Waals surface area contributed by atoms with Gasteiger partial charge >= 0.3 is 6.18 Å². The summed E-state index contributed by atoms with van der Waals surface area (Å²) < 4.78 is 39.0. The highest BCUT2D eigenvalue weighted by Gasteiger charge is 2.35. The van der Waals surface area contributed by atoms with Gasteiger partial charge in [0.2, 0.25) is 0 Å². The van der Waals surface area contributed by atoms with Gasteiger partial charge in [-0.2, -0.15) is 13.2 Å². The van der Waals surface area contributed by atoms with Crippen molar-refractivity contribution in [3.63, 3.8) is 0 Å². The van der Waals surface area contributed by atoms with E-state index in [0.29, 0.717) is 27.8 Å². The van der Waals surface area contributed by atoms with Crippen molar-refractivity contribution in [1.82, 2.24) is 9.97 Å². The smallest absolute Gasteiger partial charge is 0.316 e. The molecule has 0 saturated carbocycles. The molecule has 0 radical (unpaired) electrons. The van der Waals surface area contributed by atoms with Crippen LogP contribution in [-0.2, 0) is 6.18 Å². The van der Waals surface area contributed by atoms with Crippen LogP contribution in [-0.4, -0.2) is 9.97 Å². The van der Waals surface area contributed by atoms with E-state index in [4.69, 9.17) is 0 Å². The Morgan fingerprint density at radius 1 is 1.18 bits per heavy atom. The SMILES string of the molecule is Cc1csc(Nc2cc(-c3ccsc3C(F)(F)F)ccn2)n1. The van der Waals surface area contributed by atoms with Gasteiger partial charge in [0.1, 0.15) is 10.7 Å². The molecule has 3 heterocycles. The molecule has 0 aliphatic rings. The second kappa shape index (κ2) is 5.69. The minimum absolute atomic E-state index is 0.165. The van der Waals surface area contributed by atoms with Crippen molar-refractivity contribution in [2.45, 2.75) is 13.1 Å². The Kier molecular flexibility index (Phi) is 3.88. The van der Waals surface area contributed by atoms with Crippen LogP contribution >= 0.6 is 22.7 Å². The molecule has 0 aliphatic heterocycles. The summed E-state index contributed by atoms with van der Waals surface area (Å²) in [6.45, 7) is 1.87. The quantitative estimate of drug-likeness (QED) is 0.699. The van der Waals surface area contributed by atoms with Crippen molar-refractivity contribution < 1.29 is 13.2 Å². The van der Waals surface area contributed by atoms with E-state index in [9.17, 15) is 13.2 Å². The number of anilines is 2. The molecule has 0 aromatic carbocycles. The second-order valence-corrected chi connectivity index (χ2v) is 6.28. The number of aryl methyl sites for hydroxylation is 1. The number of thiophene rings is 1. The molecule has 0 unspecified atom stereocenters. The van der Waals surface area contributed by atoms with Crippen molar-refractivity contribution in [2.24, 2.45) is 0 Å². The van der Waals surface area contributed by atoms with Gasteiger partial charge in [0.05, 0.1) is 5.69 Å². The summed E-state index contributed by atoms with van der Waals surface area (Å²) in [6.07, 6.45) is -2.87. The van der Waals surface area contributed by atoms with Gasteiger partial charge in [-0.1, -0.05) is 0 Å². The Labute approximate surface area is 132 Å². The number of nitrogens with zero attached hydrogens (tertiary/aromatic N) is 2.